The average molecular weight is 386 g/mol. The van der Waals surface area contributed by atoms with Gasteiger partial charge in [0.05, 0.1) is 0 Å². The van der Waals surface area contributed by atoms with E-state index in [1.54, 1.807) is 6.07 Å². The number of rotatable bonds is 5. The monoisotopic (exact) mass is 385 g/mol. The van der Waals surface area contributed by atoms with Gasteiger partial charge in [0.2, 0.25) is 6.79 Å². The largest absolute Gasteiger partial charge is 0.454 e. The quantitative estimate of drug-likeness (QED) is 0.843. The van der Waals surface area contributed by atoms with Gasteiger partial charge in [-0.05, 0) is 75.4 Å². The highest BCUT2D eigenvalue weighted by Gasteiger charge is 2.40. The summed E-state index contributed by atoms with van der Waals surface area (Å²) in [6.45, 7) is 7.21. The van der Waals surface area contributed by atoms with Crippen molar-refractivity contribution >= 4 is 5.91 Å². The van der Waals surface area contributed by atoms with E-state index in [1.165, 1.54) is 64.8 Å². The van der Waals surface area contributed by atoms with E-state index in [-0.39, 0.29) is 12.7 Å². The van der Waals surface area contributed by atoms with Crippen molar-refractivity contribution < 1.29 is 14.3 Å². The van der Waals surface area contributed by atoms with Crippen molar-refractivity contribution in [2.45, 2.75) is 38.1 Å². The molecule has 0 radical (unpaired) electrons. The molecular weight excluding hydrogens is 354 g/mol. The molecule has 5 heterocycles. The van der Waals surface area contributed by atoms with Crippen LogP contribution in [-0.4, -0.2) is 67.8 Å². The molecule has 4 atom stereocenters. The number of likely N-dealkylation sites (tertiary alicyclic amines) is 1. The molecule has 0 saturated carbocycles. The molecular formula is C22H31N3O3. The van der Waals surface area contributed by atoms with Crippen molar-refractivity contribution in [1.29, 1.82) is 0 Å². The Bertz CT molecular complexity index is 719. The summed E-state index contributed by atoms with van der Waals surface area (Å²) in [7, 11) is 0. The standard InChI is InChI=1S/C22H31N3O3/c26-22(17-4-5-20-21(11-17)28-15-27-20)23-12-19-10-16-6-9-25(19)14-18(16)13-24-7-2-1-3-8-24/h4-5,11,16,18-19H,1-3,6-10,12-15H2,(H,23,26)/t16-,18-,19+/m0/s1. The zero-order chi connectivity index (χ0) is 18.9. The third-order valence-corrected chi connectivity index (χ3v) is 7.09. The normalized spacial score (nSPS) is 31.7. The van der Waals surface area contributed by atoms with E-state index in [4.69, 9.17) is 9.47 Å². The van der Waals surface area contributed by atoms with Crippen molar-refractivity contribution in [2.24, 2.45) is 11.8 Å². The van der Waals surface area contributed by atoms with E-state index in [0.717, 1.165) is 18.4 Å². The smallest absolute Gasteiger partial charge is 0.251 e. The van der Waals surface area contributed by atoms with Crippen LogP contribution in [0.25, 0.3) is 0 Å². The molecule has 1 amide bonds. The maximum atomic E-state index is 12.6. The maximum Gasteiger partial charge on any atom is 0.251 e. The first-order valence-electron chi connectivity index (χ1n) is 10.9. The van der Waals surface area contributed by atoms with E-state index in [1.807, 2.05) is 12.1 Å². The van der Waals surface area contributed by atoms with Crippen molar-refractivity contribution in [3.05, 3.63) is 23.8 Å². The summed E-state index contributed by atoms with van der Waals surface area (Å²) in [5.74, 6) is 2.98. The zero-order valence-corrected chi connectivity index (χ0v) is 16.6. The minimum absolute atomic E-state index is 0.0224. The highest BCUT2D eigenvalue weighted by Crippen LogP contribution is 2.37. The van der Waals surface area contributed by atoms with Crippen LogP contribution in [0.5, 0.6) is 11.5 Å². The average Bonchev–Trinajstić information content (AvgIpc) is 3.21. The Kier molecular flexibility index (Phi) is 5.16. The minimum Gasteiger partial charge on any atom is -0.454 e. The maximum absolute atomic E-state index is 12.6. The number of fused-ring (bicyclic) bond motifs is 4. The first-order chi connectivity index (χ1) is 13.8. The van der Waals surface area contributed by atoms with Gasteiger partial charge in [-0.15, -0.1) is 0 Å². The molecule has 28 heavy (non-hydrogen) atoms. The van der Waals surface area contributed by atoms with Crippen LogP contribution >= 0.6 is 0 Å². The topological polar surface area (TPSA) is 54.0 Å². The molecule has 1 unspecified atom stereocenters. The lowest BCUT2D eigenvalue weighted by Crippen LogP contribution is -2.58. The van der Waals surface area contributed by atoms with Crippen LogP contribution in [0, 0.1) is 11.8 Å². The third kappa shape index (κ3) is 3.72. The van der Waals surface area contributed by atoms with Gasteiger partial charge in [-0.2, -0.15) is 0 Å². The van der Waals surface area contributed by atoms with Gasteiger partial charge in [-0.1, -0.05) is 6.42 Å². The number of amides is 1. The second-order valence-electron chi connectivity index (χ2n) is 8.83. The lowest BCUT2D eigenvalue weighted by atomic mass is 9.75. The predicted octanol–water partition coefficient (Wildman–Crippen LogP) is 2.34. The van der Waals surface area contributed by atoms with Gasteiger partial charge < -0.3 is 19.7 Å². The van der Waals surface area contributed by atoms with Crippen LogP contribution in [0.2, 0.25) is 0 Å². The Labute approximate surface area is 167 Å². The summed E-state index contributed by atoms with van der Waals surface area (Å²) in [6, 6.07) is 5.88. The van der Waals surface area contributed by atoms with Crippen LogP contribution in [0.1, 0.15) is 42.5 Å². The van der Waals surface area contributed by atoms with Crippen LogP contribution < -0.4 is 14.8 Å². The van der Waals surface area contributed by atoms with Crippen molar-refractivity contribution in [1.82, 2.24) is 15.1 Å². The van der Waals surface area contributed by atoms with E-state index < -0.39 is 0 Å². The molecule has 2 bridgehead atoms. The molecule has 6 nitrogen and oxygen atoms in total. The SMILES string of the molecule is O=C(NC[C@H]1C[C@@H]2CCN1C[C@@H]2CN1CCCCC1)c1ccc2c(c1)OCO2. The summed E-state index contributed by atoms with van der Waals surface area (Å²) in [4.78, 5) is 17.9. The Morgan fingerprint density at radius 1 is 1.11 bits per heavy atom. The number of carbonyl (C=O) groups is 1. The number of carbonyl (C=O) groups excluding carboxylic acids is 1. The Hall–Kier alpha value is -1.79. The van der Waals surface area contributed by atoms with Crippen LogP contribution in [0.15, 0.2) is 18.2 Å². The Morgan fingerprint density at radius 2 is 1.96 bits per heavy atom. The summed E-state index contributed by atoms with van der Waals surface area (Å²) >= 11 is 0. The Balaban J connectivity index is 1.14. The second-order valence-corrected chi connectivity index (χ2v) is 8.83. The lowest BCUT2D eigenvalue weighted by molar-refractivity contribution is -0.0134. The minimum atomic E-state index is -0.0224. The number of benzene rings is 1. The summed E-state index contributed by atoms with van der Waals surface area (Å²) < 4.78 is 10.7. The fourth-order valence-electron chi connectivity index (χ4n) is 5.49. The van der Waals surface area contributed by atoms with Gasteiger partial charge in [0, 0.05) is 31.2 Å². The molecule has 5 aliphatic heterocycles. The molecule has 6 rings (SSSR count). The third-order valence-electron chi connectivity index (χ3n) is 7.09. The summed E-state index contributed by atoms with van der Waals surface area (Å²) in [6.07, 6.45) is 6.69. The van der Waals surface area contributed by atoms with Gasteiger partial charge in [0.1, 0.15) is 0 Å². The summed E-state index contributed by atoms with van der Waals surface area (Å²) in [5.41, 5.74) is 0.642. The molecule has 0 aliphatic carbocycles. The molecule has 1 aromatic rings. The predicted molar refractivity (Wildman–Crippen MR) is 107 cm³/mol. The van der Waals surface area contributed by atoms with Crippen molar-refractivity contribution in [2.75, 3.05) is 46.1 Å². The van der Waals surface area contributed by atoms with Gasteiger partial charge in [0.15, 0.2) is 11.5 Å². The molecule has 152 valence electrons. The number of nitrogens with one attached hydrogen (secondary N) is 1. The van der Waals surface area contributed by atoms with Gasteiger partial charge >= 0.3 is 0 Å². The fraction of sp³-hybridized carbons (Fsp3) is 0.682. The van der Waals surface area contributed by atoms with E-state index in [2.05, 4.69) is 15.1 Å². The molecule has 6 heteroatoms. The van der Waals surface area contributed by atoms with Gasteiger partial charge in [-0.3, -0.25) is 9.69 Å². The fourth-order valence-corrected chi connectivity index (χ4v) is 5.49. The first-order valence-corrected chi connectivity index (χ1v) is 10.9. The number of piperidine rings is 4. The summed E-state index contributed by atoms with van der Waals surface area (Å²) in [5, 5.41) is 3.15. The number of hydrogen-bond donors (Lipinski definition) is 1. The molecule has 4 saturated heterocycles. The van der Waals surface area contributed by atoms with E-state index in [0.29, 0.717) is 23.1 Å². The van der Waals surface area contributed by atoms with E-state index in [9.17, 15) is 4.79 Å². The lowest BCUT2D eigenvalue weighted by Gasteiger charge is -2.51. The Morgan fingerprint density at radius 3 is 2.79 bits per heavy atom. The number of nitrogens with zero attached hydrogens (tertiary/aromatic N) is 2. The highest BCUT2D eigenvalue weighted by atomic mass is 16.7. The zero-order valence-electron chi connectivity index (χ0n) is 16.6. The molecule has 0 aromatic heterocycles. The van der Waals surface area contributed by atoms with Crippen LogP contribution in [0.4, 0.5) is 0 Å². The molecule has 1 N–H and O–H groups in total. The molecule has 0 spiro atoms. The molecule has 4 fully saturated rings. The first kappa shape index (κ1) is 18.3. The second kappa shape index (κ2) is 7.91. The van der Waals surface area contributed by atoms with Gasteiger partial charge in [0.25, 0.3) is 5.91 Å². The van der Waals surface area contributed by atoms with E-state index >= 15 is 0 Å². The van der Waals surface area contributed by atoms with Crippen LogP contribution in [-0.2, 0) is 0 Å². The van der Waals surface area contributed by atoms with Crippen molar-refractivity contribution in [3.63, 3.8) is 0 Å². The number of hydrogen-bond acceptors (Lipinski definition) is 5. The van der Waals surface area contributed by atoms with Gasteiger partial charge in [-0.25, -0.2) is 0 Å². The van der Waals surface area contributed by atoms with Crippen LogP contribution in [0.3, 0.4) is 0 Å². The number of ether oxygens (including phenoxy) is 2. The molecule has 5 aliphatic rings. The molecule has 1 aromatic carbocycles. The van der Waals surface area contributed by atoms with Crippen molar-refractivity contribution in [3.8, 4) is 11.5 Å². The highest BCUT2D eigenvalue weighted by molar-refractivity contribution is 5.94.